The number of halogens is 7. The molecule has 1 aliphatic carbocycles. The second-order valence-electron chi connectivity index (χ2n) is 10.5. The van der Waals surface area contributed by atoms with E-state index in [0.717, 1.165) is 6.92 Å². The molecule has 2 atom stereocenters. The van der Waals surface area contributed by atoms with E-state index in [2.05, 4.69) is 25.6 Å². The van der Waals surface area contributed by atoms with Crippen molar-refractivity contribution >= 4 is 22.4 Å². The van der Waals surface area contributed by atoms with Crippen LogP contribution < -0.4 is 25.8 Å². The lowest BCUT2D eigenvalue weighted by atomic mass is 9.96. The fraction of sp³-hybridized carbons (Fsp3) is 0.500. The van der Waals surface area contributed by atoms with Crippen LogP contribution in [0, 0.1) is 24.0 Å². The number of nitrogens with two attached hydrogens (primary N) is 1. The van der Waals surface area contributed by atoms with E-state index in [1.807, 2.05) is 0 Å². The predicted octanol–water partition coefficient (Wildman–Crippen LogP) is 4.45. The summed E-state index contributed by atoms with van der Waals surface area (Å²) in [5.74, 6) is -6.28. The van der Waals surface area contributed by atoms with Gasteiger partial charge in [0.1, 0.15) is 34.8 Å². The first kappa shape index (κ1) is 29.8. The number of nitrogens with one attached hydrogen (secondary N) is 2. The van der Waals surface area contributed by atoms with Crippen LogP contribution in [0.15, 0.2) is 6.07 Å². The Morgan fingerprint density at radius 2 is 1.86 bits per heavy atom. The molecule has 1 fully saturated rings. The number of nitrogens with zero attached hydrogens (tertiary/aromatic N) is 3. The third-order valence-electron chi connectivity index (χ3n) is 7.42. The number of ether oxygens (including phenoxy) is 2. The van der Waals surface area contributed by atoms with Gasteiger partial charge in [0.15, 0.2) is 5.82 Å². The highest BCUT2D eigenvalue weighted by Gasteiger charge is 2.71. The lowest BCUT2D eigenvalue weighted by molar-refractivity contribution is -0.137. The molecule has 0 saturated heterocycles. The SMILES string of the molecule is Cc1c(F)c(N)cc(-c2nc3c4c(nc(OCC5(CO)CC5(F)F)nc4c2F)NCCNCCC(C)O3)c1C(F)(F)F. The van der Waals surface area contributed by atoms with Crippen molar-refractivity contribution in [2.75, 3.05) is 43.9 Å². The molecule has 5 rings (SSSR count). The summed E-state index contributed by atoms with van der Waals surface area (Å²) >= 11 is 0. The Morgan fingerprint density at radius 3 is 2.50 bits per heavy atom. The van der Waals surface area contributed by atoms with Gasteiger partial charge in [-0.25, -0.2) is 22.5 Å². The Morgan fingerprint density at radius 1 is 1.14 bits per heavy atom. The lowest BCUT2D eigenvalue weighted by Crippen LogP contribution is -2.26. The maximum absolute atomic E-state index is 16.3. The van der Waals surface area contributed by atoms with Crippen molar-refractivity contribution in [2.45, 2.75) is 44.9 Å². The summed E-state index contributed by atoms with van der Waals surface area (Å²) in [6, 6.07) is 0.0512. The molecular formula is C26H27F7N6O3. The molecule has 16 heteroatoms. The number of hydrogen-bond donors (Lipinski definition) is 4. The minimum Gasteiger partial charge on any atom is -0.474 e. The molecule has 2 aromatic heterocycles. The average molecular weight is 605 g/mol. The Bertz CT molecular complexity index is 1540. The maximum Gasteiger partial charge on any atom is 0.417 e. The largest absolute Gasteiger partial charge is 0.474 e. The summed E-state index contributed by atoms with van der Waals surface area (Å²) in [5.41, 5.74) is -1.58. The number of pyridine rings is 1. The van der Waals surface area contributed by atoms with Crippen molar-refractivity contribution in [3.63, 3.8) is 0 Å². The molecule has 1 aromatic carbocycles. The van der Waals surface area contributed by atoms with Crippen molar-refractivity contribution < 1.29 is 45.3 Å². The Kier molecular flexibility index (Phi) is 7.50. The van der Waals surface area contributed by atoms with Gasteiger partial charge in [-0.1, -0.05) is 0 Å². The van der Waals surface area contributed by atoms with Gasteiger partial charge in [0.2, 0.25) is 5.88 Å². The number of aliphatic hydroxyl groups excluding tert-OH is 1. The number of benzene rings is 1. The molecule has 1 aliphatic heterocycles. The maximum atomic E-state index is 16.3. The Balaban J connectivity index is 1.75. The van der Waals surface area contributed by atoms with Gasteiger partial charge in [-0.15, -0.1) is 0 Å². The highest BCUT2D eigenvalue weighted by Crippen LogP contribution is 2.60. The topological polar surface area (TPSA) is 127 Å². The van der Waals surface area contributed by atoms with E-state index in [1.165, 1.54) is 0 Å². The quantitative estimate of drug-likeness (QED) is 0.247. The van der Waals surface area contributed by atoms with Crippen LogP contribution in [0.5, 0.6) is 11.9 Å². The van der Waals surface area contributed by atoms with Gasteiger partial charge >= 0.3 is 12.2 Å². The zero-order valence-electron chi connectivity index (χ0n) is 22.4. The molecule has 0 radical (unpaired) electrons. The van der Waals surface area contributed by atoms with Crippen LogP contribution in [-0.2, 0) is 6.18 Å². The van der Waals surface area contributed by atoms with E-state index in [-0.39, 0.29) is 23.6 Å². The molecular weight excluding hydrogens is 577 g/mol. The zero-order chi connectivity index (χ0) is 30.6. The standard InChI is InChI=1S/C26H27F7N6O3/c1-11-3-4-35-5-6-36-21-15-20(38-23(39-21)41-10-24(9-40)8-25(24,29)30)18(28)19(37-22(15)42-11)13-7-14(34)17(27)12(2)16(13)26(31,32)33/h7,11,35,40H,3-6,8-10,34H2,1-2H3,(H,36,38,39). The van der Waals surface area contributed by atoms with Crippen molar-refractivity contribution in [1.82, 2.24) is 20.3 Å². The number of aromatic nitrogens is 3. The average Bonchev–Trinajstić information content (AvgIpc) is 3.49. The molecule has 2 aliphatic rings. The smallest absolute Gasteiger partial charge is 0.417 e. The first-order valence-corrected chi connectivity index (χ1v) is 13.0. The monoisotopic (exact) mass is 604 g/mol. The van der Waals surface area contributed by atoms with Crippen LogP contribution in [0.3, 0.4) is 0 Å². The number of nitrogen functional groups attached to an aromatic ring is 1. The first-order chi connectivity index (χ1) is 19.7. The number of aliphatic hydroxyl groups is 1. The van der Waals surface area contributed by atoms with Crippen LogP contribution in [0.4, 0.5) is 42.2 Å². The minimum atomic E-state index is -5.13. The van der Waals surface area contributed by atoms with Crippen LogP contribution in [-0.4, -0.2) is 64.9 Å². The van der Waals surface area contributed by atoms with E-state index in [1.54, 1.807) is 6.92 Å². The summed E-state index contributed by atoms with van der Waals surface area (Å²) in [4.78, 5) is 12.3. The van der Waals surface area contributed by atoms with E-state index < -0.39 is 94.5 Å². The Hall–Kier alpha value is -3.66. The van der Waals surface area contributed by atoms with Gasteiger partial charge in [-0.2, -0.15) is 23.1 Å². The fourth-order valence-electron chi connectivity index (χ4n) is 4.85. The lowest BCUT2D eigenvalue weighted by Gasteiger charge is -2.21. The van der Waals surface area contributed by atoms with Crippen LogP contribution in [0.1, 0.15) is 30.9 Å². The molecule has 0 amide bonds. The number of alkyl halides is 5. The molecule has 228 valence electrons. The molecule has 9 nitrogen and oxygen atoms in total. The van der Waals surface area contributed by atoms with Crippen molar-refractivity contribution in [3.05, 3.63) is 28.8 Å². The summed E-state index contributed by atoms with van der Waals surface area (Å²) in [6.07, 6.45) is -5.89. The van der Waals surface area contributed by atoms with Crippen molar-refractivity contribution in [2.24, 2.45) is 5.41 Å². The summed E-state index contributed by atoms with van der Waals surface area (Å²) in [5, 5.41) is 15.5. The van der Waals surface area contributed by atoms with Gasteiger partial charge < -0.3 is 30.9 Å². The summed E-state index contributed by atoms with van der Waals surface area (Å²) in [6.45, 7) is 2.10. The highest BCUT2D eigenvalue weighted by molar-refractivity contribution is 5.96. The second kappa shape index (κ2) is 10.6. The summed E-state index contributed by atoms with van der Waals surface area (Å²) < 4.78 is 112. The van der Waals surface area contributed by atoms with Gasteiger partial charge in [0, 0.05) is 25.1 Å². The van der Waals surface area contributed by atoms with Gasteiger partial charge in [-0.3, -0.25) is 0 Å². The molecule has 0 bridgehead atoms. The third kappa shape index (κ3) is 5.21. The molecule has 1 saturated carbocycles. The van der Waals surface area contributed by atoms with Gasteiger partial charge in [0.25, 0.3) is 5.92 Å². The molecule has 3 aromatic rings. The van der Waals surface area contributed by atoms with Crippen LogP contribution >= 0.6 is 0 Å². The van der Waals surface area contributed by atoms with E-state index in [0.29, 0.717) is 25.6 Å². The van der Waals surface area contributed by atoms with Gasteiger partial charge in [-0.05, 0) is 38.4 Å². The fourth-order valence-corrected chi connectivity index (χ4v) is 4.85. The zero-order valence-corrected chi connectivity index (χ0v) is 22.4. The van der Waals surface area contributed by atoms with Crippen molar-refractivity contribution in [3.8, 4) is 23.1 Å². The van der Waals surface area contributed by atoms with Crippen LogP contribution in [0.25, 0.3) is 22.2 Å². The molecule has 0 spiro atoms. The van der Waals surface area contributed by atoms with E-state index in [4.69, 9.17) is 15.2 Å². The number of anilines is 2. The predicted molar refractivity (Wildman–Crippen MR) is 137 cm³/mol. The molecule has 3 heterocycles. The minimum absolute atomic E-state index is 0.0784. The number of rotatable bonds is 5. The molecule has 5 N–H and O–H groups in total. The van der Waals surface area contributed by atoms with Crippen molar-refractivity contribution in [1.29, 1.82) is 0 Å². The summed E-state index contributed by atoms with van der Waals surface area (Å²) in [7, 11) is 0. The number of hydrogen-bond acceptors (Lipinski definition) is 9. The van der Waals surface area contributed by atoms with E-state index >= 15 is 4.39 Å². The normalized spacial score (nSPS) is 22.2. The molecule has 2 unspecified atom stereocenters. The van der Waals surface area contributed by atoms with E-state index in [9.17, 15) is 31.4 Å². The van der Waals surface area contributed by atoms with Gasteiger partial charge in [0.05, 0.1) is 29.4 Å². The van der Waals surface area contributed by atoms with Crippen LogP contribution in [0.2, 0.25) is 0 Å². The molecule has 42 heavy (non-hydrogen) atoms. The Labute approximate surface area is 234 Å². The highest BCUT2D eigenvalue weighted by atomic mass is 19.4. The third-order valence-corrected chi connectivity index (χ3v) is 7.42. The second-order valence-corrected chi connectivity index (χ2v) is 10.5. The first-order valence-electron chi connectivity index (χ1n) is 13.0.